The molecule has 0 radical (unpaired) electrons. The van der Waals surface area contributed by atoms with E-state index in [9.17, 15) is 4.79 Å². The number of anilines is 1. The molecule has 24 heavy (non-hydrogen) atoms. The zero-order valence-corrected chi connectivity index (χ0v) is 14.0. The molecule has 8 nitrogen and oxygen atoms in total. The lowest BCUT2D eigenvalue weighted by atomic mass is 9.89. The Morgan fingerprint density at radius 1 is 1.25 bits per heavy atom. The molecule has 1 N–H and O–H groups in total. The smallest absolute Gasteiger partial charge is 0.248 e. The SMILES string of the molecule is Cn1nnc2c1CC(C(=O)Nc1ncn(C3CCCCC3)n1)CC2. The van der Waals surface area contributed by atoms with Crippen LogP contribution in [0.5, 0.6) is 0 Å². The van der Waals surface area contributed by atoms with E-state index in [1.165, 1.54) is 19.3 Å². The van der Waals surface area contributed by atoms with Crippen molar-refractivity contribution < 1.29 is 4.79 Å². The van der Waals surface area contributed by atoms with Gasteiger partial charge >= 0.3 is 0 Å². The minimum atomic E-state index is -0.0728. The van der Waals surface area contributed by atoms with Crippen LogP contribution >= 0.6 is 0 Å². The molecule has 8 heteroatoms. The maximum absolute atomic E-state index is 12.5. The zero-order valence-electron chi connectivity index (χ0n) is 14.0. The van der Waals surface area contributed by atoms with E-state index in [1.807, 2.05) is 11.7 Å². The van der Waals surface area contributed by atoms with Gasteiger partial charge in [-0.2, -0.15) is 0 Å². The Morgan fingerprint density at radius 3 is 2.92 bits per heavy atom. The van der Waals surface area contributed by atoms with Gasteiger partial charge in [-0.25, -0.2) is 9.67 Å². The topological polar surface area (TPSA) is 90.5 Å². The molecule has 2 aliphatic carbocycles. The first-order chi connectivity index (χ1) is 11.7. The van der Waals surface area contributed by atoms with Crippen molar-refractivity contribution in [3.05, 3.63) is 17.7 Å². The summed E-state index contributed by atoms with van der Waals surface area (Å²) in [4.78, 5) is 16.8. The molecule has 2 aromatic heterocycles. The fourth-order valence-electron chi connectivity index (χ4n) is 3.80. The number of nitrogens with one attached hydrogen (secondary N) is 1. The predicted octanol–water partition coefficient (Wildman–Crippen LogP) is 1.66. The average molecular weight is 329 g/mol. The van der Waals surface area contributed by atoms with Gasteiger partial charge in [-0.3, -0.25) is 14.8 Å². The average Bonchev–Trinajstić information content (AvgIpc) is 3.23. The van der Waals surface area contributed by atoms with Crippen molar-refractivity contribution in [2.75, 3.05) is 5.32 Å². The third kappa shape index (κ3) is 2.92. The highest BCUT2D eigenvalue weighted by atomic mass is 16.2. The van der Waals surface area contributed by atoms with Crippen LogP contribution in [0.4, 0.5) is 5.95 Å². The van der Waals surface area contributed by atoms with Gasteiger partial charge in [-0.05, 0) is 25.7 Å². The molecule has 0 spiro atoms. The van der Waals surface area contributed by atoms with Crippen LogP contribution in [0.1, 0.15) is 56.0 Å². The molecule has 128 valence electrons. The Labute approximate surface area is 140 Å². The Bertz CT molecular complexity index is 729. The Morgan fingerprint density at radius 2 is 2.08 bits per heavy atom. The van der Waals surface area contributed by atoms with Crippen molar-refractivity contribution in [2.45, 2.75) is 57.4 Å². The van der Waals surface area contributed by atoms with Crippen LogP contribution in [0, 0.1) is 5.92 Å². The number of aromatic nitrogens is 6. The maximum Gasteiger partial charge on any atom is 0.248 e. The summed E-state index contributed by atoms with van der Waals surface area (Å²) in [6.07, 6.45) is 10.1. The van der Waals surface area contributed by atoms with Crippen LogP contribution in [-0.2, 0) is 24.7 Å². The minimum absolute atomic E-state index is 0.0109. The molecule has 1 atom stereocenters. The van der Waals surface area contributed by atoms with Crippen molar-refractivity contribution in [1.82, 2.24) is 29.8 Å². The van der Waals surface area contributed by atoms with E-state index in [0.717, 1.165) is 37.1 Å². The second-order valence-electron chi connectivity index (χ2n) is 6.88. The van der Waals surface area contributed by atoms with E-state index in [-0.39, 0.29) is 11.8 Å². The third-order valence-corrected chi connectivity index (χ3v) is 5.26. The summed E-state index contributed by atoms with van der Waals surface area (Å²) in [6.45, 7) is 0. The van der Waals surface area contributed by atoms with Crippen molar-refractivity contribution >= 4 is 11.9 Å². The van der Waals surface area contributed by atoms with Gasteiger partial charge in [-0.1, -0.05) is 24.5 Å². The van der Waals surface area contributed by atoms with E-state index in [4.69, 9.17) is 0 Å². The molecular formula is C16H23N7O. The van der Waals surface area contributed by atoms with Gasteiger partial charge in [0.15, 0.2) is 0 Å². The van der Waals surface area contributed by atoms with Crippen LogP contribution in [0.3, 0.4) is 0 Å². The van der Waals surface area contributed by atoms with Crippen molar-refractivity contribution in [2.24, 2.45) is 13.0 Å². The van der Waals surface area contributed by atoms with E-state index in [1.54, 1.807) is 11.0 Å². The van der Waals surface area contributed by atoms with E-state index < -0.39 is 0 Å². The standard InChI is InChI=1S/C16H23N7O/c1-22-14-9-11(7-8-13(14)19-21-22)15(24)18-16-17-10-23(20-16)12-5-3-2-4-6-12/h10-12H,2-9H2,1H3,(H,18,20,24). The molecule has 0 saturated heterocycles. The summed E-state index contributed by atoms with van der Waals surface area (Å²) < 4.78 is 3.68. The molecular weight excluding hydrogens is 306 g/mol. The summed E-state index contributed by atoms with van der Waals surface area (Å²) in [7, 11) is 1.87. The monoisotopic (exact) mass is 329 g/mol. The van der Waals surface area contributed by atoms with Gasteiger partial charge in [0.05, 0.1) is 17.4 Å². The first kappa shape index (κ1) is 15.3. The van der Waals surface area contributed by atoms with Crippen LogP contribution in [0.2, 0.25) is 0 Å². The van der Waals surface area contributed by atoms with Gasteiger partial charge in [0, 0.05) is 19.4 Å². The number of rotatable bonds is 3. The predicted molar refractivity (Wildman–Crippen MR) is 87.3 cm³/mol. The van der Waals surface area contributed by atoms with Gasteiger partial charge in [0.1, 0.15) is 6.33 Å². The Kier molecular flexibility index (Phi) is 4.03. The number of hydrogen-bond acceptors (Lipinski definition) is 5. The quantitative estimate of drug-likeness (QED) is 0.925. The van der Waals surface area contributed by atoms with Crippen LogP contribution in [0.15, 0.2) is 6.33 Å². The van der Waals surface area contributed by atoms with Gasteiger partial charge in [0.25, 0.3) is 0 Å². The Balaban J connectivity index is 1.40. The van der Waals surface area contributed by atoms with Gasteiger partial charge in [-0.15, -0.1) is 10.2 Å². The number of hydrogen-bond donors (Lipinski definition) is 1. The number of carbonyl (C=O) groups excluding carboxylic acids is 1. The molecule has 2 aliphatic rings. The first-order valence-electron chi connectivity index (χ1n) is 8.80. The van der Waals surface area contributed by atoms with Crippen LogP contribution in [0.25, 0.3) is 0 Å². The molecule has 0 aliphatic heterocycles. The lowest BCUT2D eigenvalue weighted by Gasteiger charge is -2.21. The van der Waals surface area contributed by atoms with E-state index in [2.05, 4.69) is 25.7 Å². The minimum Gasteiger partial charge on any atom is -0.293 e. The second kappa shape index (κ2) is 6.33. The number of amides is 1. The summed E-state index contributed by atoms with van der Waals surface area (Å²) in [5.41, 5.74) is 2.07. The summed E-state index contributed by atoms with van der Waals surface area (Å²) in [5.74, 6) is 0.332. The Hall–Kier alpha value is -2.25. The fourth-order valence-corrected chi connectivity index (χ4v) is 3.80. The lowest BCUT2D eigenvalue weighted by Crippen LogP contribution is -2.29. The highest BCUT2D eigenvalue weighted by Gasteiger charge is 2.28. The molecule has 1 saturated carbocycles. The highest BCUT2D eigenvalue weighted by Crippen LogP contribution is 2.28. The maximum atomic E-state index is 12.5. The summed E-state index contributed by atoms with van der Waals surface area (Å²) >= 11 is 0. The zero-order chi connectivity index (χ0) is 16.5. The van der Waals surface area contributed by atoms with Crippen molar-refractivity contribution in [3.8, 4) is 0 Å². The third-order valence-electron chi connectivity index (χ3n) is 5.26. The second-order valence-corrected chi connectivity index (χ2v) is 6.88. The van der Waals surface area contributed by atoms with Crippen LogP contribution in [-0.4, -0.2) is 35.7 Å². The molecule has 2 aromatic rings. The number of carbonyl (C=O) groups is 1. The first-order valence-corrected chi connectivity index (χ1v) is 8.80. The normalized spacial score (nSPS) is 21.5. The molecule has 1 amide bonds. The molecule has 0 aromatic carbocycles. The molecule has 2 heterocycles. The lowest BCUT2D eigenvalue weighted by molar-refractivity contribution is -0.120. The highest BCUT2D eigenvalue weighted by molar-refractivity contribution is 5.91. The van der Waals surface area contributed by atoms with E-state index in [0.29, 0.717) is 18.4 Å². The fraction of sp³-hybridized carbons (Fsp3) is 0.688. The number of fused-ring (bicyclic) bond motifs is 1. The van der Waals surface area contributed by atoms with Crippen molar-refractivity contribution in [3.63, 3.8) is 0 Å². The van der Waals surface area contributed by atoms with Crippen molar-refractivity contribution in [1.29, 1.82) is 0 Å². The van der Waals surface area contributed by atoms with E-state index >= 15 is 0 Å². The molecule has 1 fully saturated rings. The molecule has 4 rings (SSSR count). The number of aryl methyl sites for hydroxylation is 2. The largest absolute Gasteiger partial charge is 0.293 e. The summed E-state index contributed by atoms with van der Waals surface area (Å²) in [5, 5.41) is 15.5. The van der Waals surface area contributed by atoms with Gasteiger partial charge in [0.2, 0.25) is 11.9 Å². The summed E-state index contributed by atoms with van der Waals surface area (Å²) in [6, 6.07) is 0.426. The van der Waals surface area contributed by atoms with Gasteiger partial charge < -0.3 is 0 Å². The van der Waals surface area contributed by atoms with Crippen LogP contribution < -0.4 is 5.32 Å². The number of nitrogens with zero attached hydrogens (tertiary/aromatic N) is 6. The molecule has 1 unspecified atom stereocenters. The molecule has 0 bridgehead atoms.